The SMILES string of the molecule is COCC(C)(C)c1c(C2CC(OC)(C(=O)O)C2)c2c(F)c3[nH]ncc3cc2n1-c1ccc(F)cc1. The first-order chi connectivity index (χ1) is 16.6. The predicted molar refractivity (Wildman–Crippen MR) is 127 cm³/mol. The summed E-state index contributed by atoms with van der Waals surface area (Å²) in [7, 11) is 2.99. The fourth-order valence-corrected chi connectivity index (χ4v) is 5.55. The van der Waals surface area contributed by atoms with E-state index < -0.39 is 22.8 Å². The van der Waals surface area contributed by atoms with Gasteiger partial charge in [-0.1, -0.05) is 13.8 Å². The van der Waals surface area contributed by atoms with Crippen molar-refractivity contribution in [2.45, 2.75) is 43.6 Å². The van der Waals surface area contributed by atoms with E-state index in [1.54, 1.807) is 25.4 Å². The van der Waals surface area contributed by atoms with Crippen LogP contribution in [0.15, 0.2) is 36.5 Å². The van der Waals surface area contributed by atoms with E-state index >= 15 is 4.39 Å². The van der Waals surface area contributed by atoms with Gasteiger partial charge >= 0.3 is 5.97 Å². The Kier molecular flexibility index (Phi) is 5.45. The lowest BCUT2D eigenvalue weighted by Gasteiger charge is -2.44. The minimum Gasteiger partial charge on any atom is -0.479 e. The van der Waals surface area contributed by atoms with Crippen molar-refractivity contribution in [2.75, 3.05) is 20.8 Å². The standard InChI is InChI=1S/C26H27F2N3O4/c1-25(2,13-34-3)23-19(15-10-26(11-15,35-4)24(32)33)20-18(9-14-12-29-30-22(14)21(20)28)31(23)17-7-5-16(27)6-8-17/h5-9,12,15H,10-11,13H2,1-4H3,(H,29,30)(H,32,33). The number of fused-ring (bicyclic) bond motifs is 2. The molecule has 5 rings (SSSR count). The third kappa shape index (κ3) is 3.44. The topological polar surface area (TPSA) is 89.4 Å². The first-order valence-corrected chi connectivity index (χ1v) is 11.4. The molecule has 1 aliphatic carbocycles. The molecule has 9 heteroatoms. The van der Waals surface area contributed by atoms with Gasteiger partial charge in [0.15, 0.2) is 11.4 Å². The van der Waals surface area contributed by atoms with Crippen LogP contribution in [0.1, 0.15) is 43.9 Å². The summed E-state index contributed by atoms with van der Waals surface area (Å²) in [6.07, 6.45) is 1.97. The van der Waals surface area contributed by atoms with Crippen molar-refractivity contribution >= 4 is 27.8 Å². The van der Waals surface area contributed by atoms with E-state index in [9.17, 15) is 14.3 Å². The zero-order valence-electron chi connectivity index (χ0n) is 20.0. The summed E-state index contributed by atoms with van der Waals surface area (Å²) >= 11 is 0. The first kappa shape index (κ1) is 23.4. The van der Waals surface area contributed by atoms with E-state index in [1.165, 1.54) is 19.2 Å². The number of rotatable bonds is 7. The van der Waals surface area contributed by atoms with Crippen molar-refractivity contribution in [3.63, 3.8) is 0 Å². The highest BCUT2D eigenvalue weighted by Crippen LogP contribution is 2.53. The number of nitrogens with zero attached hydrogens (tertiary/aromatic N) is 2. The summed E-state index contributed by atoms with van der Waals surface area (Å²) in [5.74, 6) is -2.13. The van der Waals surface area contributed by atoms with Crippen molar-refractivity contribution in [3.05, 3.63) is 59.4 Å². The lowest BCUT2D eigenvalue weighted by molar-refractivity contribution is -0.175. The molecule has 35 heavy (non-hydrogen) atoms. The number of aromatic amines is 1. The molecule has 0 aliphatic heterocycles. The van der Waals surface area contributed by atoms with Crippen LogP contribution in [0.3, 0.4) is 0 Å². The number of ether oxygens (including phenoxy) is 2. The third-order valence-electron chi connectivity index (χ3n) is 7.22. The van der Waals surface area contributed by atoms with E-state index in [-0.39, 0.29) is 30.1 Å². The highest BCUT2D eigenvalue weighted by Gasteiger charge is 2.53. The van der Waals surface area contributed by atoms with E-state index in [4.69, 9.17) is 9.47 Å². The molecule has 184 valence electrons. The Balaban J connectivity index is 1.88. The quantitative estimate of drug-likeness (QED) is 0.384. The Labute approximate surface area is 200 Å². The molecule has 7 nitrogen and oxygen atoms in total. The largest absolute Gasteiger partial charge is 0.479 e. The van der Waals surface area contributed by atoms with E-state index in [0.29, 0.717) is 34.1 Å². The van der Waals surface area contributed by atoms with Gasteiger partial charge in [0.2, 0.25) is 0 Å². The number of hydrogen-bond donors (Lipinski definition) is 2. The van der Waals surface area contributed by atoms with Crippen LogP contribution in [-0.2, 0) is 19.7 Å². The Morgan fingerprint density at radius 2 is 1.94 bits per heavy atom. The van der Waals surface area contributed by atoms with Gasteiger partial charge in [-0.25, -0.2) is 13.6 Å². The van der Waals surface area contributed by atoms with E-state index in [0.717, 1.165) is 5.69 Å². The maximum absolute atomic E-state index is 16.1. The number of H-pyrrole nitrogens is 1. The van der Waals surface area contributed by atoms with Crippen LogP contribution >= 0.6 is 0 Å². The van der Waals surface area contributed by atoms with Crippen LogP contribution in [0.4, 0.5) is 8.78 Å². The van der Waals surface area contributed by atoms with Crippen LogP contribution in [0.25, 0.3) is 27.5 Å². The summed E-state index contributed by atoms with van der Waals surface area (Å²) < 4.78 is 42.8. The molecule has 0 atom stereocenters. The van der Waals surface area contributed by atoms with Gasteiger partial charge in [0.05, 0.1) is 18.3 Å². The number of carboxylic acid groups (broad SMARTS) is 1. The van der Waals surface area contributed by atoms with E-state index in [1.807, 2.05) is 24.5 Å². The molecule has 2 aromatic heterocycles. The number of methoxy groups -OCH3 is 2. The maximum atomic E-state index is 16.1. The Hall–Kier alpha value is -3.30. The van der Waals surface area contributed by atoms with Gasteiger partial charge in [0.1, 0.15) is 11.3 Å². The van der Waals surface area contributed by atoms with Gasteiger partial charge in [0.25, 0.3) is 0 Å². The monoisotopic (exact) mass is 483 g/mol. The summed E-state index contributed by atoms with van der Waals surface area (Å²) in [6, 6.07) is 7.89. The van der Waals surface area contributed by atoms with Gasteiger partial charge in [-0.2, -0.15) is 5.10 Å². The van der Waals surface area contributed by atoms with Crippen molar-refractivity contribution in [3.8, 4) is 5.69 Å². The van der Waals surface area contributed by atoms with Crippen LogP contribution in [0.2, 0.25) is 0 Å². The van der Waals surface area contributed by atoms with Crippen LogP contribution in [0, 0.1) is 11.6 Å². The van der Waals surface area contributed by atoms with Crippen molar-refractivity contribution < 1.29 is 28.2 Å². The maximum Gasteiger partial charge on any atom is 0.335 e. The number of hydrogen-bond acceptors (Lipinski definition) is 4. The average molecular weight is 484 g/mol. The number of carbonyl (C=O) groups is 1. The summed E-state index contributed by atoms with van der Waals surface area (Å²) in [5, 5.41) is 17.5. The number of aliphatic carboxylic acids is 1. The second kappa shape index (κ2) is 8.13. The second-order valence-electron chi connectivity index (χ2n) is 9.92. The highest BCUT2D eigenvalue weighted by atomic mass is 19.1. The van der Waals surface area contributed by atoms with E-state index in [2.05, 4.69) is 10.2 Å². The molecular formula is C26H27F2N3O4. The molecule has 0 bridgehead atoms. The molecule has 0 saturated heterocycles. The van der Waals surface area contributed by atoms with Crippen LogP contribution in [0.5, 0.6) is 0 Å². The number of benzene rings is 2. The molecule has 0 spiro atoms. The summed E-state index contributed by atoms with van der Waals surface area (Å²) in [4.78, 5) is 12.0. The highest BCUT2D eigenvalue weighted by molar-refractivity contribution is 6.00. The molecule has 1 saturated carbocycles. The Bertz CT molecular complexity index is 1430. The summed E-state index contributed by atoms with van der Waals surface area (Å²) in [5.41, 5.74) is 1.15. The first-order valence-electron chi connectivity index (χ1n) is 11.4. The van der Waals surface area contributed by atoms with Crippen LogP contribution in [-0.4, -0.2) is 52.3 Å². The summed E-state index contributed by atoms with van der Waals surface area (Å²) in [6.45, 7) is 4.33. The van der Waals surface area contributed by atoms with Crippen molar-refractivity contribution in [2.24, 2.45) is 0 Å². The van der Waals surface area contributed by atoms with Gasteiger partial charge in [0, 0.05) is 41.8 Å². The minimum absolute atomic E-state index is 0.206. The van der Waals surface area contributed by atoms with Gasteiger partial charge in [-0.3, -0.25) is 5.10 Å². The molecule has 4 aromatic rings. The molecule has 0 radical (unpaired) electrons. The van der Waals surface area contributed by atoms with Gasteiger partial charge < -0.3 is 19.1 Å². The number of aromatic nitrogens is 3. The third-order valence-corrected chi connectivity index (χ3v) is 7.22. The Morgan fingerprint density at radius 3 is 2.54 bits per heavy atom. The van der Waals surface area contributed by atoms with Gasteiger partial charge in [-0.05, 0) is 54.7 Å². The average Bonchev–Trinajstić information content (AvgIpc) is 3.38. The molecule has 1 aliphatic rings. The van der Waals surface area contributed by atoms with Crippen LogP contribution < -0.4 is 0 Å². The molecule has 0 unspecified atom stereocenters. The molecule has 0 amide bonds. The zero-order chi connectivity index (χ0) is 25.1. The molecule has 2 N–H and O–H groups in total. The molecule has 2 heterocycles. The predicted octanol–water partition coefficient (Wildman–Crippen LogP) is 5.06. The fourth-order valence-electron chi connectivity index (χ4n) is 5.55. The number of nitrogens with one attached hydrogen (secondary N) is 1. The molecular weight excluding hydrogens is 456 g/mol. The molecule has 1 fully saturated rings. The molecule has 2 aromatic carbocycles. The number of carboxylic acids is 1. The lowest BCUT2D eigenvalue weighted by atomic mass is 9.65. The van der Waals surface area contributed by atoms with Crippen molar-refractivity contribution in [1.29, 1.82) is 0 Å². The Morgan fingerprint density at radius 1 is 1.26 bits per heavy atom. The smallest absolute Gasteiger partial charge is 0.335 e. The second-order valence-corrected chi connectivity index (χ2v) is 9.92. The van der Waals surface area contributed by atoms with Crippen molar-refractivity contribution in [1.82, 2.24) is 14.8 Å². The minimum atomic E-state index is -1.31. The normalized spacial score (nSPS) is 20.5. The van der Waals surface area contributed by atoms with Gasteiger partial charge in [-0.15, -0.1) is 0 Å². The fraction of sp³-hybridized carbons (Fsp3) is 0.385. The number of halogens is 2. The lowest BCUT2D eigenvalue weighted by Crippen LogP contribution is -2.51. The zero-order valence-corrected chi connectivity index (χ0v) is 20.0.